The first-order chi connectivity index (χ1) is 32.0. The van der Waals surface area contributed by atoms with Gasteiger partial charge < -0.3 is 24.4 Å². The van der Waals surface area contributed by atoms with Crippen LogP contribution in [0, 0.1) is 46.5 Å². The summed E-state index contributed by atoms with van der Waals surface area (Å²) in [5, 5.41) is 17.5. The lowest BCUT2D eigenvalue weighted by atomic mass is 10.1. The molecule has 0 saturated heterocycles. The molecule has 6 aromatic carbocycles. The van der Waals surface area contributed by atoms with Gasteiger partial charge in [0.2, 0.25) is 0 Å². The summed E-state index contributed by atoms with van der Waals surface area (Å²) >= 11 is 0. The van der Waals surface area contributed by atoms with Crippen molar-refractivity contribution in [2.45, 2.75) is 64.2 Å². The lowest BCUT2D eigenvalue weighted by Gasteiger charge is -2.07. The minimum absolute atomic E-state index is 0.0468. The van der Waals surface area contributed by atoms with Crippen LogP contribution in [0.25, 0.3) is 22.3 Å². The Morgan fingerprint density at radius 2 is 0.642 bits per heavy atom. The zero-order chi connectivity index (χ0) is 48.9. The Kier molecular flexibility index (Phi) is 20.5. The van der Waals surface area contributed by atoms with E-state index in [0.29, 0.717) is 61.0 Å². The number of aromatic hydroxyl groups is 1. The van der Waals surface area contributed by atoms with Gasteiger partial charge in [0.1, 0.15) is 23.0 Å². The molecule has 67 heavy (non-hydrogen) atoms. The smallest absolute Gasteiger partial charge is 0.311 e. The molecule has 0 aliphatic carbocycles. The molecule has 0 saturated carbocycles. The maximum absolute atomic E-state index is 13.4. The molecule has 0 aromatic heterocycles. The fourth-order valence-electron chi connectivity index (χ4n) is 5.79. The second kappa shape index (κ2) is 26.4. The molecule has 0 atom stereocenters. The molecule has 0 unspecified atom stereocenters. The Hall–Kier alpha value is -7.56. The SMILES string of the molecule is O=C(CCCCCC(=O)Oc1ccc(F)c(F)c1)Oc1ccc(-c2ccc(F)c(F)c2)cc1.O=C(O)CCCCCC(=O)Oc1ccc(F)c(F)c1.Oc1ccc(-c2ccc(F)c(F)c2)cc1. The number of hydrogen-bond acceptors (Lipinski definition) is 8. The van der Waals surface area contributed by atoms with Crippen LogP contribution in [-0.4, -0.2) is 34.1 Å². The van der Waals surface area contributed by atoms with E-state index in [1.807, 2.05) is 0 Å². The van der Waals surface area contributed by atoms with Crippen LogP contribution in [0.5, 0.6) is 23.0 Å². The molecule has 0 amide bonds. The van der Waals surface area contributed by atoms with Gasteiger partial charge in [0.25, 0.3) is 0 Å². The number of unbranched alkanes of at least 4 members (excludes halogenated alkanes) is 4. The Morgan fingerprint density at radius 3 is 1.00 bits per heavy atom. The van der Waals surface area contributed by atoms with E-state index in [-0.39, 0.29) is 42.9 Å². The van der Waals surface area contributed by atoms with Crippen molar-refractivity contribution in [1.29, 1.82) is 0 Å². The number of benzene rings is 6. The largest absolute Gasteiger partial charge is 0.508 e. The van der Waals surface area contributed by atoms with Gasteiger partial charge in [-0.15, -0.1) is 0 Å². The lowest BCUT2D eigenvalue weighted by Crippen LogP contribution is -2.09. The monoisotopic (exact) mass is 938 g/mol. The summed E-state index contributed by atoms with van der Waals surface area (Å²) in [4.78, 5) is 45.3. The fraction of sp³-hybridized carbons (Fsp3) is 0.200. The molecule has 0 aliphatic heterocycles. The zero-order valence-electron chi connectivity index (χ0n) is 35.4. The van der Waals surface area contributed by atoms with Crippen molar-refractivity contribution in [2.75, 3.05) is 0 Å². The lowest BCUT2D eigenvalue weighted by molar-refractivity contribution is -0.137. The number of phenols is 1. The maximum atomic E-state index is 13.4. The number of hydrogen-bond donors (Lipinski definition) is 2. The standard InChI is InChI=1S/C25H20F4O4.C13H14F2O4.C12H8F2O/c26-20-12-8-17(14-22(20)28)16-6-9-18(10-7-16)32-24(30)4-2-1-3-5-25(31)33-19-11-13-21(27)23(29)15-19;14-10-7-6-9(8-11(10)15)19-13(18)5-3-1-2-4-12(16)17;13-11-6-3-9(7-12(11)14)8-1-4-10(15)5-2-8/h6-15H,1-5H2;6-8H,1-5H2,(H,16,17);1-7,15H. The molecule has 0 aliphatic rings. The molecule has 352 valence electrons. The Morgan fingerprint density at radius 1 is 0.343 bits per heavy atom. The average Bonchev–Trinajstić information content (AvgIpc) is 3.29. The quantitative estimate of drug-likeness (QED) is 0.0396. The molecule has 6 aromatic rings. The molecular formula is C50H42F8O9. The van der Waals surface area contributed by atoms with Crippen molar-refractivity contribution in [3.8, 4) is 45.3 Å². The first-order valence-electron chi connectivity index (χ1n) is 20.5. The first kappa shape index (κ1) is 52.1. The van der Waals surface area contributed by atoms with E-state index in [1.165, 1.54) is 30.3 Å². The second-order valence-corrected chi connectivity index (χ2v) is 14.4. The van der Waals surface area contributed by atoms with E-state index in [1.54, 1.807) is 36.4 Å². The van der Waals surface area contributed by atoms with Crippen molar-refractivity contribution in [3.63, 3.8) is 0 Å². The van der Waals surface area contributed by atoms with Crippen LogP contribution in [0.1, 0.15) is 64.2 Å². The van der Waals surface area contributed by atoms with Gasteiger partial charge in [-0.25, -0.2) is 35.1 Å². The molecule has 9 nitrogen and oxygen atoms in total. The molecule has 0 radical (unpaired) electrons. The molecule has 0 heterocycles. The number of carbonyl (C=O) groups is 4. The van der Waals surface area contributed by atoms with Gasteiger partial charge in [0.05, 0.1) is 0 Å². The number of esters is 3. The number of phenolic OH excluding ortho intramolecular Hbond substituents is 1. The van der Waals surface area contributed by atoms with E-state index in [0.717, 1.165) is 60.2 Å². The minimum atomic E-state index is -1.10. The summed E-state index contributed by atoms with van der Waals surface area (Å²) in [6, 6.07) is 25.6. The van der Waals surface area contributed by atoms with E-state index in [9.17, 15) is 54.3 Å². The molecule has 2 N–H and O–H groups in total. The minimum Gasteiger partial charge on any atom is -0.508 e. The molecular weight excluding hydrogens is 897 g/mol. The van der Waals surface area contributed by atoms with E-state index in [2.05, 4.69) is 0 Å². The molecule has 17 heteroatoms. The highest BCUT2D eigenvalue weighted by molar-refractivity contribution is 5.74. The van der Waals surface area contributed by atoms with Gasteiger partial charge in [-0.05, 0) is 121 Å². The molecule has 6 rings (SSSR count). The van der Waals surface area contributed by atoms with E-state index in [4.69, 9.17) is 24.4 Å². The number of halogens is 8. The molecule has 0 fully saturated rings. The maximum Gasteiger partial charge on any atom is 0.311 e. The second-order valence-electron chi connectivity index (χ2n) is 14.4. The summed E-state index contributed by atoms with van der Waals surface area (Å²) in [5.41, 5.74) is 2.44. The highest BCUT2D eigenvalue weighted by atomic mass is 19.2. The van der Waals surface area contributed by atoms with Gasteiger partial charge in [-0.3, -0.25) is 19.2 Å². The van der Waals surface area contributed by atoms with E-state index < -0.39 is 70.4 Å². The summed E-state index contributed by atoms with van der Waals surface area (Å²) in [5.74, 6) is -9.92. The van der Waals surface area contributed by atoms with E-state index >= 15 is 0 Å². The van der Waals surface area contributed by atoms with Gasteiger partial charge in [-0.2, -0.15) is 0 Å². The van der Waals surface area contributed by atoms with Crippen LogP contribution in [0.3, 0.4) is 0 Å². The van der Waals surface area contributed by atoms with Crippen molar-refractivity contribution in [1.82, 2.24) is 0 Å². The van der Waals surface area contributed by atoms with Crippen LogP contribution in [0.4, 0.5) is 35.1 Å². The predicted molar refractivity (Wildman–Crippen MR) is 229 cm³/mol. The number of carbonyl (C=O) groups excluding carboxylic acids is 3. The normalized spacial score (nSPS) is 10.4. The van der Waals surface area contributed by atoms with Crippen LogP contribution in [-0.2, 0) is 19.2 Å². The summed E-state index contributed by atoms with van der Waals surface area (Å²) in [6.07, 6.45) is 3.49. The van der Waals surface area contributed by atoms with Crippen molar-refractivity contribution in [3.05, 3.63) is 168 Å². The number of aliphatic carboxylic acids is 1. The molecule has 0 spiro atoms. The van der Waals surface area contributed by atoms with Crippen LogP contribution in [0.15, 0.2) is 121 Å². The summed E-state index contributed by atoms with van der Waals surface area (Å²) in [7, 11) is 0. The highest BCUT2D eigenvalue weighted by Crippen LogP contribution is 2.26. The highest BCUT2D eigenvalue weighted by Gasteiger charge is 2.12. The van der Waals surface area contributed by atoms with Gasteiger partial charge >= 0.3 is 23.9 Å². The van der Waals surface area contributed by atoms with Crippen LogP contribution in [0.2, 0.25) is 0 Å². The first-order valence-corrected chi connectivity index (χ1v) is 20.5. The summed E-state index contributed by atoms with van der Waals surface area (Å²) < 4.78 is 118. The zero-order valence-corrected chi connectivity index (χ0v) is 35.4. The Labute approximate surface area is 379 Å². The number of rotatable bonds is 17. The third-order valence-corrected chi connectivity index (χ3v) is 9.24. The summed E-state index contributed by atoms with van der Waals surface area (Å²) in [6.45, 7) is 0. The van der Waals surface area contributed by atoms with Crippen LogP contribution >= 0.6 is 0 Å². The van der Waals surface area contributed by atoms with Gasteiger partial charge in [0.15, 0.2) is 46.5 Å². The topological polar surface area (TPSA) is 136 Å². The third kappa shape index (κ3) is 18.5. The van der Waals surface area contributed by atoms with Crippen molar-refractivity contribution >= 4 is 23.9 Å². The third-order valence-electron chi connectivity index (χ3n) is 9.24. The van der Waals surface area contributed by atoms with Gasteiger partial charge in [0, 0.05) is 37.8 Å². The number of carboxylic acids is 1. The fourth-order valence-corrected chi connectivity index (χ4v) is 5.79. The molecule has 0 bridgehead atoms. The Bertz CT molecular complexity index is 2610. The van der Waals surface area contributed by atoms with Crippen molar-refractivity contribution < 1.29 is 78.7 Å². The van der Waals surface area contributed by atoms with Crippen LogP contribution < -0.4 is 14.2 Å². The predicted octanol–water partition coefficient (Wildman–Crippen LogP) is 12.6. The Balaban J connectivity index is 0.000000243. The average molecular weight is 939 g/mol. The number of ether oxygens (including phenoxy) is 3. The van der Waals surface area contributed by atoms with Crippen molar-refractivity contribution in [2.24, 2.45) is 0 Å². The number of carboxylic acid groups (broad SMARTS) is 1. The van der Waals surface area contributed by atoms with Gasteiger partial charge in [-0.1, -0.05) is 49.2 Å².